The zero-order valence-corrected chi connectivity index (χ0v) is 9.51. The van der Waals surface area contributed by atoms with Crippen LogP contribution in [0.1, 0.15) is 32.8 Å². The van der Waals surface area contributed by atoms with Crippen molar-refractivity contribution >= 4 is 5.57 Å². The molecule has 0 fully saturated rings. The number of hydrogen-bond donors (Lipinski definition) is 0. The van der Waals surface area contributed by atoms with Crippen molar-refractivity contribution in [2.75, 3.05) is 0 Å². The average Bonchev–Trinajstić information content (AvgIpc) is 2.19. The molecule has 0 spiro atoms. The van der Waals surface area contributed by atoms with E-state index in [0.29, 0.717) is 11.3 Å². The van der Waals surface area contributed by atoms with Gasteiger partial charge in [0.05, 0.1) is 6.10 Å². The van der Waals surface area contributed by atoms with Gasteiger partial charge in [0.2, 0.25) is 0 Å². The Labute approximate surface area is 90.6 Å². The molecule has 0 aliphatic rings. The second kappa shape index (κ2) is 4.96. The van der Waals surface area contributed by atoms with Crippen LogP contribution in [0.25, 0.3) is 5.57 Å². The number of allylic oxidation sites excluding steroid dienone is 1. The third kappa shape index (κ3) is 3.08. The van der Waals surface area contributed by atoms with E-state index in [1.54, 1.807) is 12.1 Å². The van der Waals surface area contributed by atoms with Crippen molar-refractivity contribution in [3.63, 3.8) is 0 Å². The van der Waals surface area contributed by atoms with Gasteiger partial charge in [0.15, 0.2) is 0 Å². The van der Waals surface area contributed by atoms with Crippen molar-refractivity contribution in [2.45, 2.75) is 33.3 Å². The van der Waals surface area contributed by atoms with Crippen LogP contribution < -0.4 is 4.74 Å². The quantitative estimate of drug-likeness (QED) is 0.725. The van der Waals surface area contributed by atoms with Gasteiger partial charge >= 0.3 is 0 Å². The predicted octanol–water partition coefficient (Wildman–Crippen LogP) is 4.04. The van der Waals surface area contributed by atoms with E-state index in [9.17, 15) is 4.39 Å². The minimum absolute atomic E-state index is 0.0956. The van der Waals surface area contributed by atoms with Gasteiger partial charge in [0.1, 0.15) is 11.6 Å². The molecule has 1 nitrogen and oxygen atoms in total. The SMILES string of the molecule is C=C(CC)c1cc(OC(C)C)ccc1F. The van der Waals surface area contributed by atoms with Crippen molar-refractivity contribution in [3.05, 3.63) is 36.2 Å². The Morgan fingerprint density at radius 1 is 1.47 bits per heavy atom. The van der Waals surface area contributed by atoms with E-state index >= 15 is 0 Å². The summed E-state index contributed by atoms with van der Waals surface area (Å²) in [5, 5.41) is 0. The summed E-state index contributed by atoms with van der Waals surface area (Å²) in [4.78, 5) is 0. The Bertz CT molecular complexity index is 356. The normalized spacial score (nSPS) is 10.5. The van der Waals surface area contributed by atoms with Crippen LogP contribution in [0.4, 0.5) is 4.39 Å². The van der Waals surface area contributed by atoms with Gasteiger partial charge in [-0.25, -0.2) is 4.39 Å². The monoisotopic (exact) mass is 208 g/mol. The highest BCUT2D eigenvalue weighted by Gasteiger charge is 2.07. The fraction of sp³-hybridized carbons (Fsp3) is 0.385. The van der Waals surface area contributed by atoms with Crippen LogP contribution in [0.15, 0.2) is 24.8 Å². The molecule has 0 saturated carbocycles. The van der Waals surface area contributed by atoms with E-state index in [2.05, 4.69) is 6.58 Å². The largest absolute Gasteiger partial charge is 0.491 e. The first kappa shape index (κ1) is 11.8. The highest BCUT2D eigenvalue weighted by atomic mass is 19.1. The molecule has 0 atom stereocenters. The zero-order valence-electron chi connectivity index (χ0n) is 9.51. The van der Waals surface area contributed by atoms with Crippen LogP contribution in [0.3, 0.4) is 0 Å². The minimum atomic E-state index is -0.238. The standard InChI is InChI=1S/C13H17FO/c1-5-10(4)12-8-11(15-9(2)3)6-7-13(12)14/h6-9H,4-5H2,1-3H3. The molecule has 15 heavy (non-hydrogen) atoms. The molecule has 1 aromatic rings. The van der Waals surface area contributed by atoms with Crippen LogP contribution in [0.2, 0.25) is 0 Å². The van der Waals surface area contributed by atoms with Gasteiger partial charge in [-0.2, -0.15) is 0 Å². The number of benzene rings is 1. The lowest BCUT2D eigenvalue weighted by atomic mass is 10.0. The summed E-state index contributed by atoms with van der Waals surface area (Å²) in [5.74, 6) is 0.453. The molecule has 0 aliphatic heterocycles. The summed E-state index contributed by atoms with van der Waals surface area (Å²) >= 11 is 0. The Morgan fingerprint density at radius 2 is 2.13 bits per heavy atom. The maximum atomic E-state index is 13.4. The molecular formula is C13H17FO. The van der Waals surface area contributed by atoms with Crippen LogP contribution in [-0.4, -0.2) is 6.10 Å². The highest BCUT2D eigenvalue weighted by molar-refractivity contribution is 5.64. The predicted molar refractivity (Wildman–Crippen MR) is 61.5 cm³/mol. The molecule has 0 radical (unpaired) electrons. The van der Waals surface area contributed by atoms with E-state index in [1.165, 1.54) is 6.07 Å². The first-order valence-corrected chi connectivity index (χ1v) is 5.19. The first-order valence-electron chi connectivity index (χ1n) is 5.19. The van der Waals surface area contributed by atoms with E-state index in [4.69, 9.17) is 4.74 Å². The van der Waals surface area contributed by atoms with Crippen molar-refractivity contribution in [1.82, 2.24) is 0 Å². The second-order valence-electron chi connectivity index (χ2n) is 3.77. The summed E-state index contributed by atoms with van der Waals surface area (Å²) in [6.07, 6.45) is 0.834. The van der Waals surface area contributed by atoms with E-state index < -0.39 is 0 Å². The molecule has 0 bridgehead atoms. The van der Waals surface area contributed by atoms with Gasteiger partial charge in [-0.3, -0.25) is 0 Å². The number of hydrogen-bond acceptors (Lipinski definition) is 1. The van der Waals surface area contributed by atoms with Crippen molar-refractivity contribution in [1.29, 1.82) is 0 Å². The zero-order chi connectivity index (χ0) is 11.4. The van der Waals surface area contributed by atoms with Gasteiger partial charge in [-0.05, 0) is 44.0 Å². The van der Waals surface area contributed by atoms with Gasteiger partial charge in [0.25, 0.3) is 0 Å². The summed E-state index contributed by atoms with van der Waals surface area (Å²) in [6, 6.07) is 4.77. The Hall–Kier alpha value is -1.31. The molecule has 0 aliphatic carbocycles. The van der Waals surface area contributed by atoms with Gasteiger partial charge in [0, 0.05) is 5.56 Å². The van der Waals surface area contributed by atoms with Crippen LogP contribution in [0.5, 0.6) is 5.75 Å². The molecule has 0 N–H and O–H groups in total. The van der Waals surface area contributed by atoms with Crippen LogP contribution in [-0.2, 0) is 0 Å². The molecule has 1 rings (SSSR count). The third-order valence-corrected chi connectivity index (χ3v) is 2.12. The second-order valence-corrected chi connectivity index (χ2v) is 3.77. The fourth-order valence-corrected chi connectivity index (χ4v) is 1.31. The van der Waals surface area contributed by atoms with Crippen LogP contribution >= 0.6 is 0 Å². The molecule has 0 aromatic heterocycles. The summed E-state index contributed by atoms with van der Waals surface area (Å²) in [7, 11) is 0. The molecule has 0 heterocycles. The number of rotatable bonds is 4. The summed E-state index contributed by atoms with van der Waals surface area (Å²) < 4.78 is 18.9. The maximum Gasteiger partial charge on any atom is 0.130 e. The van der Waals surface area contributed by atoms with Crippen LogP contribution in [0, 0.1) is 5.82 Å². The fourth-order valence-electron chi connectivity index (χ4n) is 1.31. The third-order valence-electron chi connectivity index (χ3n) is 2.12. The molecule has 0 amide bonds. The smallest absolute Gasteiger partial charge is 0.130 e. The van der Waals surface area contributed by atoms with Gasteiger partial charge < -0.3 is 4.74 Å². The van der Waals surface area contributed by atoms with Gasteiger partial charge in [-0.1, -0.05) is 13.5 Å². The number of ether oxygens (including phenoxy) is 1. The molecule has 0 unspecified atom stereocenters. The molecule has 0 saturated heterocycles. The van der Waals surface area contributed by atoms with E-state index in [0.717, 1.165) is 12.0 Å². The lowest BCUT2D eigenvalue weighted by molar-refractivity contribution is 0.242. The summed E-state index contributed by atoms with van der Waals surface area (Å²) in [5.41, 5.74) is 1.34. The average molecular weight is 208 g/mol. The summed E-state index contributed by atoms with van der Waals surface area (Å²) in [6.45, 7) is 9.67. The Kier molecular flexibility index (Phi) is 3.89. The van der Waals surface area contributed by atoms with E-state index in [-0.39, 0.29) is 11.9 Å². The lowest BCUT2D eigenvalue weighted by Crippen LogP contribution is -2.06. The molecule has 1 aromatic carbocycles. The molecular weight excluding hydrogens is 191 g/mol. The van der Waals surface area contributed by atoms with Crippen molar-refractivity contribution < 1.29 is 9.13 Å². The Balaban J connectivity index is 3.00. The highest BCUT2D eigenvalue weighted by Crippen LogP contribution is 2.24. The van der Waals surface area contributed by atoms with Crippen molar-refractivity contribution in [3.8, 4) is 5.75 Å². The minimum Gasteiger partial charge on any atom is -0.491 e. The lowest BCUT2D eigenvalue weighted by Gasteiger charge is -2.12. The topological polar surface area (TPSA) is 9.23 Å². The van der Waals surface area contributed by atoms with E-state index in [1.807, 2.05) is 20.8 Å². The maximum absolute atomic E-state index is 13.4. The number of halogens is 1. The van der Waals surface area contributed by atoms with Gasteiger partial charge in [-0.15, -0.1) is 0 Å². The molecule has 2 heteroatoms. The van der Waals surface area contributed by atoms with Crippen molar-refractivity contribution in [2.24, 2.45) is 0 Å². The molecule has 82 valence electrons. The Morgan fingerprint density at radius 3 is 2.67 bits per heavy atom. The first-order chi connectivity index (χ1) is 7.04.